The number of nitrogens with zero attached hydrogens (tertiary/aromatic N) is 4. The molecule has 4 nitrogen and oxygen atoms in total. The smallest absolute Gasteiger partial charge is 0.128 e. The van der Waals surface area contributed by atoms with E-state index < -0.39 is 0 Å². The lowest BCUT2D eigenvalue weighted by Gasteiger charge is -1.98. The summed E-state index contributed by atoms with van der Waals surface area (Å²) >= 11 is 0. The molecule has 0 bridgehead atoms. The van der Waals surface area contributed by atoms with Crippen LogP contribution < -0.4 is 0 Å². The molecule has 0 saturated carbocycles. The first-order valence-corrected chi connectivity index (χ1v) is 7.97. The molecule has 0 heterocycles. The summed E-state index contributed by atoms with van der Waals surface area (Å²) in [5.74, 6) is -0.630. The Hall–Kier alpha value is -3.28. The average Bonchev–Trinajstić information content (AvgIpc) is 2.64. The first kappa shape index (κ1) is 17.5. The monoisotopic (exact) mass is 350 g/mol. The molecule has 0 saturated heterocycles. The highest BCUT2D eigenvalue weighted by atomic mass is 19.1. The van der Waals surface area contributed by atoms with Crippen molar-refractivity contribution < 1.29 is 8.78 Å². The van der Waals surface area contributed by atoms with Crippen molar-refractivity contribution >= 4 is 22.7 Å². The average molecular weight is 350 g/mol. The van der Waals surface area contributed by atoms with E-state index in [1.165, 1.54) is 12.1 Å². The fraction of sp³-hybridized carbons (Fsp3) is 0.100. The minimum Gasteiger partial charge on any atom is -0.207 e. The van der Waals surface area contributed by atoms with E-state index in [1.807, 2.05) is 0 Å². The zero-order valence-corrected chi connectivity index (χ0v) is 14.3. The minimum atomic E-state index is -0.315. The predicted octanol–water partition coefficient (Wildman–Crippen LogP) is 7.41. The van der Waals surface area contributed by atoms with Crippen LogP contribution >= 0.6 is 0 Å². The fourth-order valence-electron chi connectivity index (χ4n) is 2.10. The Morgan fingerprint density at radius 1 is 0.500 bits per heavy atom. The van der Waals surface area contributed by atoms with Crippen LogP contribution in [0.15, 0.2) is 81.1 Å². The molecule has 0 fully saturated rings. The van der Waals surface area contributed by atoms with E-state index >= 15 is 0 Å². The zero-order valence-electron chi connectivity index (χ0n) is 14.3. The van der Waals surface area contributed by atoms with E-state index in [4.69, 9.17) is 0 Å². The van der Waals surface area contributed by atoms with Gasteiger partial charge in [-0.25, -0.2) is 8.78 Å². The third-order valence-corrected chi connectivity index (χ3v) is 3.72. The first-order chi connectivity index (χ1) is 12.5. The van der Waals surface area contributed by atoms with Crippen LogP contribution in [-0.2, 0) is 0 Å². The molecule has 0 radical (unpaired) electrons. The highest BCUT2D eigenvalue weighted by molar-refractivity contribution is 5.48. The maximum atomic E-state index is 13.5. The van der Waals surface area contributed by atoms with Gasteiger partial charge in [-0.3, -0.25) is 0 Å². The summed E-state index contributed by atoms with van der Waals surface area (Å²) in [7, 11) is 0. The highest BCUT2D eigenvalue weighted by Crippen LogP contribution is 2.24. The maximum Gasteiger partial charge on any atom is 0.128 e. The van der Waals surface area contributed by atoms with E-state index in [-0.39, 0.29) is 11.6 Å². The summed E-state index contributed by atoms with van der Waals surface area (Å²) in [5.41, 5.74) is 3.22. The van der Waals surface area contributed by atoms with Gasteiger partial charge in [-0.1, -0.05) is 12.1 Å². The van der Waals surface area contributed by atoms with Gasteiger partial charge in [-0.2, -0.15) is 20.5 Å². The normalized spacial score (nSPS) is 11.5. The Labute approximate surface area is 150 Å². The van der Waals surface area contributed by atoms with Crippen LogP contribution in [0, 0.1) is 25.5 Å². The molecule has 3 aromatic rings. The number of benzene rings is 3. The summed E-state index contributed by atoms with van der Waals surface area (Å²) in [5, 5.41) is 16.1. The van der Waals surface area contributed by atoms with Crippen molar-refractivity contribution in [2.45, 2.75) is 13.8 Å². The molecule has 26 heavy (non-hydrogen) atoms. The second-order valence-electron chi connectivity index (χ2n) is 5.78. The molecule has 6 heteroatoms. The van der Waals surface area contributed by atoms with Crippen molar-refractivity contribution in [3.63, 3.8) is 0 Å². The summed E-state index contributed by atoms with van der Waals surface area (Å²) < 4.78 is 27.0. The lowest BCUT2D eigenvalue weighted by atomic mass is 10.2. The van der Waals surface area contributed by atoms with Crippen LogP contribution in [0.5, 0.6) is 0 Å². The quantitative estimate of drug-likeness (QED) is 0.440. The molecule has 0 aliphatic carbocycles. The number of hydrogen-bond donors (Lipinski definition) is 0. The van der Waals surface area contributed by atoms with Crippen molar-refractivity contribution in [1.82, 2.24) is 0 Å². The minimum absolute atomic E-state index is 0.315. The molecule has 0 aliphatic heterocycles. The number of azo groups is 2. The SMILES string of the molecule is Cc1ccc(N=Nc2ccc(N=Nc3ccc(C)c(F)c3)cc2)cc1F. The van der Waals surface area contributed by atoms with Crippen molar-refractivity contribution in [3.05, 3.63) is 83.4 Å². The number of hydrogen-bond acceptors (Lipinski definition) is 4. The predicted molar refractivity (Wildman–Crippen MR) is 97.1 cm³/mol. The lowest BCUT2D eigenvalue weighted by molar-refractivity contribution is 0.618. The molecule has 130 valence electrons. The Morgan fingerprint density at radius 3 is 1.15 bits per heavy atom. The van der Waals surface area contributed by atoms with Crippen LogP contribution in [0.3, 0.4) is 0 Å². The van der Waals surface area contributed by atoms with Gasteiger partial charge in [0.25, 0.3) is 0 Å². The number of rotatable bonds is 4. The van der Waals surface area contributed by atoms with E-state index in [0.29, 0.717) is 33.9 Å². The second-order valence-corrected chi connectivity index (χ2v) is 5.78. The molecule has 0 unspecified atom stereocenters. The van der Waals surface area contributed by atoms with Crippen LogP contribution in [-0.4, -0.2) is 0 Å². The molecule has 0 spiro atoms. The molecule has 3 rings (SSSR count). The molecule has 0 aromatic heterocycles. The summed E-state index contributed by atoms with van der Waals surface area (Å²) in [6.07, 6.45) is 0. The van der Waals surface area contributed by atoms with Gasteiger partial charge >= 0.3 is 0 Å². The zero-order chi connectivity index (χ0) is 18.5. The van der Waals surface area contributed by atoms with Crippen LogP contribution in [0.2, 0.25) is 0 Å². The first-order valence-electron chi connectivity index (χ1n) is 7.97. The van der Waals surface area contributed by atoms with Gasteiger partial charge in [0.1, 0.15) is 11.6 Å². The van der Waals surface area contributed by atoms with Gasteiger partial charge in [0, 0.05) is 12.1 Å². The van der Waals surface area contributed by atoms with Crippen molar-refractivity contribution in [2.75, 3.05) is 0 Å². The van der Waals surface area contributed by atoms with Gasteiger partial charge in [0.05, 0.1) is 22.7 Å². The van der Waals surface area contributed by atoms with Gasteiger partial charge in [0.2, 0.25) is 0 Å². The fourth-order valence-corrected chi connectivity index (χ4v) is 2.10. The third-order valence-electron chi connectivity index (χ3n) is 3.72. The van der Waals surface area contributed by atoms with Gasteiger partial charge in [-0.15, -0.1) is 0 Å². The summed E-state index contributed by atoms with van der Waals surface area (Å²) in [6.45, 7) is 3.38. The largest absolute Gasteiger partial charge is 0.207 e. The molecular formula is C20H16F2N4. The van der Waals surface area contributed by atoms with E-state index in [9.17, 15) is 8.78 Å². The third kappa shape index (κ3) is 4.42. The molecule has 0 atom stereocenters. The van der Waals surface area contributed by atoms with Crippen molar-refractivity contribution in [2.24, 2.45) is 20.5 Å². The Balaban J connectivity index is 1.69. The Morgan fingerprint density at radius 2 is 0.808 bits per heavy atom. The van der Waals surface area contributed by atoms with Gasteiger partial charge < -0.3 is 0 Å². The second kappa shape index (κ2) is 7.74. The van der Waals surface area contributed by atoms with Gasteiger partial charge in [-0.05, 0) is 61.4 Å². The molecule has 0 N–H and O–H groups in total. The van der Waals surface area contributed by atoms with E-state index in [1.54, 1.807) is 62.4 Å². The Bertz CT molecular complexity index is 899. The van der Waals surface area contributed by atoms with Crippen LogP contribution in [0.4, 0.5) is 31.5 Å². The molecule has 0 aliphatic rings. The molecule has 0 amide bonds. The van der Waals surface area contributed by atoms with Crippen molar-refractivity contribution in [3.8, 4) is 0 Å². The van der Waals surface area contributed by atoms with E-state index in [0.717, 1.165) is 0 Å². The van der Waals surface area contributed by atoms with Crippen molar-refractivity contribution in [1.29, 1.82) is 0 Å². The van der Waals surface area contributed by atoms with Gasteiger partial charge in [0.15, 0.2) is 0 Å². The standard InChI is InChI=1S/C20H16F2N4/c1-13-3-5-17(11-19(13)21)25-23-15-7-9-16(10-8-15)24-26-18-6-4-14(2)20(22)12-18/h3-12H,1-2H3. The number of halogens is 2. The summed E-state index contributed by atoms with van der Waals surface area (Å²) in [6, 6.07) is 16.3. The van der Waals surface area contributed by atoms with Crippen LogP contribution in [0.25, 0.3) is 0 Å². The maximum absolute atomic E-state index is 13.5. The Kier molecular flexibility index (Phi) is 5.22. The van der Waals surface area contributed by atoms with E-state index in [2.05, 4.69) is 20.5 Å². The molecular weight excluding hydrogens is 334 g/mol. The van der Waals surface area contributed by atoms with Crippen LogP contribution in [0.1, 0.15) is 11.1 Å². The number of aryl methyl sites for hydroxylation is 2. The highest BCUT2D eigenvalue weighted by Gasteiger charge is 2.00. The lowest BCUT2D eigenvalue weighted by Crippen LogP contribution is -1.79. The summed E-state index contributed by atoms with van der Waals surface area (Å²) in [4.78, 5) is 0. The topological polar surface area (TPSA) is 49.4 Å². The molecule has 3 aromatic carbocycles.